The van der Waals surface area contributed by atoms with E-state index in [1.54, 1.807) is 24.3 Å². The van der Waals surface area contributed by atoms with Crippen LogP contribution in [-0.2, 0) is 6.54 Å². The Labute approximate surface area is 183 Å². The standard InChI is InChI=1S/C21H24ClF3N4O2/c1-14-12-28(2)7-8-29(14)18-9-17(26-11-19(18)31-13-21(23,24)25)20(30)27-10-15-3-5-16(22)6-4-15/h3-6,9,11,14H,7-8,10,12-13H2,1-2H3,(H,27,30)/t14-/m1/s1. The monoisotopic (exact) mass is 456 g/mol. The molecule has 1 aromatic heterocycles. The van der Waals surface area contributed by atoms with Crippen molar-refractivity contribution in [3.63, 3.8) is 0 Å². The third kappa shape index (κ3) is 6.48. The number of ether oxygens (including phenoxy) is 1. The number of carbonyl (C=O) groups is 1. The molecule has 31 heavy (non-hydrogen) atoms. The number of hydrogen-bond acceptors (Lipinski definition) is 5. The summed E-state index contributed by atoms with van der Waals surface area (Å²) >= 11 is 5.86. The average molecular weight is 457 g/mol. The first kappa shape index (κ1) is 23.1. The van der Waals surface area contributed by atoms with Gasteiger partial charge in [0.2, 0.25) is 0 Å². The number of nitrogens with zero attached hydrogens (tertiary/aromatic N) is 3. The Morgan fingerprint density at radius 2 is 2.00 bits per heavy atom. The number of aromatic nitrogens is 1. The van der Waals surface area contributed by atoms with Crippen molar-refractivity contribution in [1.29, 1.82) is 0 Å². The lowest BCUT2D eigenvalue weighted by Crippen LogP contribution is -2.50. The van der Waals surface area contributed by atoms with E-state index in [1.807, 2.05) is 18.9 Å². The minimum Gasteiger partial charge on any atom is -0.480 e. The highest BCUT2D eigenvalue weighted by molar-refractivity contribution is 6.30. The number of benzene rings is 1. The van der Waals surface area contributed by atoms with Gasteiger partial charge in [-0.3, -0.25) is 4.79 Å². The molecule has 1 aliphatic rings. The third-order valence-corrected chi connectivity index (χ3v) is 5.23. The second-order valence-electron chi connectivity index (χ2n) is 7.55. The molecule has 6 nitrogen and oxygen atoms in total. The van der Waals surface area contributed by atoms with Gasteiger partial charge in [-0.15, -0.1) is 0 Å². The van der Waals surface area contributed by atoms with E-state index in [9.17, 15) is 18.0 Å². The maximum atomic E-state index is 12.7. The summed E-state index contributed by atoms with van der Waals surface area (Å²) < 4.78 is 43.1. The summed E-state index contributed by atoms with van der Waals surface area (Å²) in [6.45, 7) is 2.89. The lowest BCUT2D eigenvalue weighted by molar-refractivity contribution is -0.153. The number of piperazine rings is 1. The van der Waals surface area contributed by atoms with Crippen LogP contribution < -0.4 is 15.0 Å². The number of nitrogens with one attached hydrogen (secondary N) is 1. The van der Waals surface area contributed by atoms with Gasteiger partial charge < -0.3 is 19.9 Å². The van der Waals surface area contributed by atoms with Crippen LogP contribution in [0.3, 0.4) is 0 Å². The molecule has 1 N–H and O–H groups in total. The van der Waals surface area contributed by atoms with Gasteiger partial charge in [0.25, 0.3) is 5.91 Å². The van der Waals surface area contributed by atoms with Gasteiger partial charge in [0.05, 0.1) is 11.9 Å². The zero-order valence-corrected chi connectivity index (χ0v) is 18.0. The number of hydrogen-bond donors (Lipinski definition) is 1. The van der Waals surface area contributed by atoms with Gasteiger partial charge in [-0.05, 0) is 37.7 Å². The predicted molar refractivity (Wildman–Crippen MR) is 113 cm³/mol. The molecular formula is C21H24ClF3N4O2. The van der Waals surface area contributed by atoms with Crippen molar-refractivity contribution in [3.8, 4) is 5.75 Å². The number of carbonyl (C=O) groups excluding carboxylic acids is 1. The topological polar surface area (TPSA) is 57.7 Å². The molecule has 10 heteroatoms. The van der Waals surface area contributed by atoms with Crippen LogP contribution in [0.15, 0.2) is 36.5 Å². The molecule has 1 aliphatic heterocycles. The Kier molecular flexibility index (Phi) is 7.27. The van der Waals surface area contributed by atoms with Crippen LogP contribution in [0, 0.1) is 0 Å². The molecule has 0 unspecified atom stereocenters. The molecule has 0 bridgehead atoms. The highest BCUT2D eigenvalue weighted by Gasteiger charge is 2.31. The molecule has 1 atom stereocenters. The van der Waals surface area contributed by atoms with Crippen molar-refractivity contribution < 1.29 is 22.7 Å². The minimum absolute atomic E-state index is 0.00276. The molecular weight excluding hydrogens is 433 g/mol. The fourth-order valence-corrected chi connectivity index (χ4v) is 3.55. The number of alkyl halides is 3. The molecule has 1 fully saturated rings. The zero-order valence-electron chi connectivity index (χ0n) is 17.2. The van der Waals surface area contributed by atoms with Crippen LogP contribution in [0.4, 0.5) is 18.9 Å². The number of anilines is 1. The van der Waals surface area contributed by atoms with Gasteiger partial charge in [0.15, 0.2) is 12.4 Å². The summed E-state index contributed by atoms with van der Waals surface area (Å²) in [5.74, 6) is -0.427. The molecule has 3 rings (SSSR count). The second-order valence-corrected chi connectivity index (χ2v) is 7.99. The molecule has 0 saturated carbocycles. The van der Waals surface area contributed by atoms with Crippen LogP contribution >= 0.6 is 11.6 Å². The van der Waals surface area contributed by atoms with E-state index in [2.05, 4.69) is 15.2 Å². The number of amides is 1. The maximum absolute atomic E-state index is 12.7. The zero-order chi connectivity index (χ0) is 22.6. The van der Waals surface area contributed by atoms with E-state index in [0.717, 1.165) is 18.7 Å². The van der Waals surface area contributed by atoms with Crippen molar-refractivity contribution >= 4 is 23.2 Å². The average Bonchev–Trinajstić information content (AvgIpc) is 2.71. The molecule has 0 radical (unpaired) electrons. The molecule has 168 valence electrons. The summed E-state index contributed by atoms with van der Waals surface area (Å²) in [6, 6.07) is 8.55. The van der Waals surface area contributed by atoms with Gasteiger partial charge in [-0.25, -0.2) is 4.98 Å². The van der Waals surface area contributed by atoms with Crippen LogP contribution in [-0.4, -0.2) is 61.3 Å². The summed E-state index contributed by atoms with van der Waals surface area (Å²) in [7, 11) is 1.98. The SMILES string of the molecule is C[C@@H]1CN(C)CCN1c1cc(C(=O)NCc2ccc(Cl)cc2)ncc1OCC(F)(F)F. The fourth-order valence-electron chi connectivity index (χ4n) is 3.42. The smallest absolute Gasteiger partial charge is 0.422 e. The first-order chi connectivity index (χ1) is 14.6. The lowest BCUT2D eigenvalue weighted by Gasteiger charge is -2.40. The van der Waals surface area contributed by atoms with Gasteiger partial charge >= 0.3 is 6.18 Å². The fraction of sp³-hybridized carbons (Fsp3) is 0.429. The Balaban J connectivity index is 1.80. The van der Waals surface area contributed by atoms with Crippen LogP contribution in [0.5, 0.6) is 5.75 Å². The lowest BCUT2D eigenvalue weighted by atomic mass is 10.1. The summed E-state index contributed by atoms with van der Waals surface area (Å²) in [4.78, 5) is 20.8. The molecule has 2 aromatic rings. The van der Waals surface area contributed by atoms with Crippen LogP contribution in [0.2, 0.25) is 5.02 Å². The highest BCUT2D eigenvalue weighted by Crippen LogP contribution is 2.32. The summed E-state index contributed by atoms with van der Waals surface area (Å²) in [5.41, 5.74) is 1.39. The first-order valence-corrected chi connectivity index (χ1v) is 10.2. The van der Waals surface area contributed by atoms with E-state index >= 15 is 0 Å². The molecule has 0 spiro atoms. The minimum atomic E-state index is -4.47. The molecule has 1 saturated heterocycles. The van der Waals surface area contributed by atoms with Crippen molar-refractivity contribution in [2.45, 2.75) is 25.7 Å². The third-order valence-electron chi connectivity index (χ3n) is 4.98. The molecule has 0 aliphatic carbocycles. The predicted octanol–water partition coefficient (Wildman–Crippen LogP) is 3.75. The molecule has 1 amide bonds. The van der Waals surface area contributed by atoms with E-state index in [4.69, 9.17) is 16.3 Å². The summed E-state index contributed by atoms with van der Waals surface area (Å²) in [5, 5.41) is 3.36. The van der Waals surface area contributed by atoms with Crippen molar-refractivity contribution in [3.05, 3.63) is 52.8 Å². The largest absolute Gasteiger partial charge is 0.480 e. The number of halogens is 4. The van der Waals surface area contributed by atoms with E-state index in [0.29, 0.717) is 17.3 Å². The van der Waals surface area contributed by atoms with Crippen molar-refractivity contribution in [1.82, 2.24) is 15.2 Å². The second kappa shape index (κ2) is 9.74. The Morgan fingerprint density at radius 3 is 2.65 bits per heavy atom. The Hall–Kier alpha value is -2.52. The van der Waals surface area contributed by atoms with Gasteiger partial charge in [0, 0.05) is 37.2 Å². The first-order valence-electron chi connectivity index (χ1n) is 9.80. The van der Waals surface area contributed by atoms with E-state index in [-0.39, 0.29) is 24.0 Å². The van der Waals surface area contributed by atoms with Crippen molar-refractivity contribution in [2.24, 2.45) is 0 Å². The maximum Gasteiger partial charge on any atom is 0.422 e. The van der Waals surface area contributed by atoms with E-state index < -0.39 is 18.7 Å². The van der Waals surface area contributed by atoms with Gasteiger partial charge in [-0.2, -0.15) is 13.2 Å². The van der Waals surface area contributed by atoms with Gasteiger partial charge in [-0.1, -0.05) is 23.7 Å². The molecule has 2 heterocycles. The number of rotatable bonds is 6. The normalized spacial score (nSPS) is 17.5. The summed E-state index contributed by atoms with van der Waals surface area (Å²) in [6.07, 6.45) is -3.29. The van der Waals surface area contributed by atoms with Gasteiger partial charge in [0.1, 0.15) is 5.69 Å². The Morgan fingerprint density at radius 1 is 1.29 bits per heavy atom. The number of pyridine rings is 1. The number of likely N-dealkylation sites (N-methyl/N-ethyl adjacent to an activating group) is 1. The highest BCUT2D eigenvalue weighted by atomic mass is 35.5. The Bertz CT molecular complexity index is 908. The quantitative estimate of drug-likeness (QED) is 0.717. The van der Waals surface area contributed by atoms with Crippen LogP contribution in [0.1, 0.15) is 23.0 Å². The van der Waals surface area contributed by atoms with E-state index in [1.165, 1.54) is 12.3 Å². The van der Waals surface area contributed by atoms with Crippen molar-refractivity contribution in [2.75, 3.05) is 38.2 Å². The van der Waals surface area contributed by atoms with Crippen LogP contribution in [0.25, 0.3) is 0 Å². The molecule has 1 aromatic carbocycles.